The van der Waals surface area contributed by atoms with Crippen LogP contribution in [0, 0.1) is 0 Å². The van der Waals surface area contributed by atoms with E-state index in [1.165, 1.54) is 25.7 Å². The third-order valence-corrected chi connectivity index (χ3v) is 5.05. The number of aliphatic hydroxyl groups excluding tert-OH is 1. The largest absolute Gasteiger partial charge is 0.388 e. The van der Waals surface area contributed by atoms with E-state index >= 15 is 0 Å². The van der Waals surface area contributed by atoms with Gasteiger partial charge in [-0.25, -0.2) is 0 Å². The first-order valence-electron chi connectivity index (χ1n) is 8.52. The quantitative estimate of drug-likeness (QED) is 0.879. The van der Waals surface area contributed by atoms with E-state index < -0.39 is 6.10 Å². The van der Waals surface area contributed by atoms with Crippen molar-refractivity contribution in [1.29, 1.82) is 0 Å². The van der Waals surface area contributed by atoms with Gasteiger partial charge in [-0.3, -0.25) is 4.79 Å². The molecule has 1 aromatic carbocycles. The number of benzene rings is 1. The fraction of sp³-hybridized carbons (Fsp3) is 0.611. The van der Waals surface area contributed by atoms with Gasteiger partial charge in [0.25, 0.3) is 0 Å². The molecular weight excluding hydrogens is 276 g/mol. The Hall–Kier alpha value is -1.39. The summed E-state index contributed by atoms with van der Waals surface area (Å²) in [6.45, 7) is 4.37. The van der Waals surface area contributed by atoms with Gasteiger partial charge in [0.2, 0.25) is 5.91 Å². The maximum atomic E-state index is 11.4. The highest BCUT2D eigenvalue weighted by Crippen LogP contribution is 2.28. The zero-order chi connectivity index (χ0) is 15.5. The molecule has 1 fully saturated rings. The van der Waals surface area contributed by atoms with Gasteiger partial charge < -0.3 is 15.3 Å². The molecule has 2 atom stereocenters. The molecule has 1 aromatic rings. The molecule has 3 rings (SSSR count). The van der Waals surface area contributed by atoms with Crippen LogP contribution in [0.3, 0.4) is 0 Å². The summed E-state index contributed by atoms with van der Waals surface area (Å²) in [6, 6.07) is 6.51. The Morgan fingerprint density at radius 3 is 3.09 bits per heavy atom. The van der Waals surface area contributed by atoms with Crippen molar-refractivity contribution in [3.05, 3.63) is 29.3 Å². The van der Waals surface area contributed by atoms with Crippen molar-refractivity contribution >= 4 is 11.6 Å². The van der Waals surface area contributed by atoms with E-state index in [9.17, 15) is 9.90 Å². The molecule has 0 radical (unpaired) electrons. The molecule has 2 aliphatic heterocycles. The monoisotopic (exact) mass is 302 g/mol. The van der Waals surface area contributed by atoms with Gasteiger partial charge in [-0.05, 0) is 49.4 Å². The molecule has 0 bridgehead atoms. The number of likely N-dealkylation sites (tertiary alicyclic amines) is 1. The Morgan fingerprint density at radius 2 is 2.27 bits per heavy atom. The molecule has 2 heterocycles. The summed E-state index contributed by atoms with van der Waals surface area (Å²) in [5.74, 6) is 0.0424. The number of aliphatic hydroxyl groups is 1. The second-order valence-corrected chi connectivity index (χ2v) is 6.54. The lowest BCUT2D eigenvalue weighted by molar-refractivity contribution is -0.115. The zero-order valence-corrected chi connectivity index (χ0v) is 13.3. The van der Waals surface area contributed by atoms with E-state index in [2.05, 4.69) is 17.1 Å². The van der Waals surface area contributed by atoms with Crippen molar-refractivity contribution < 1.29 is 9.90 Å². The van der Waals surface area contributed by atoms with Crippen LogP contribution in [0.2, 0.25) is 0 Å². The maximum absolute atomic E-state index is 11.4. The second kappa shape index (κ2) is 6.80. The van der Waals surface area contributed by atoms with Crippen LogP contribution in [0.1, 0.15) is 56.3 Å². The van der Waals surface area contributed by atoms with Crippen molar-refractivity contribution in [2.24, 2.45) is 0 Å². The van der Waals surface area contributed by atoms with Crippen LogP contribution in [0.25, 0.3) is 0 Å². The van der Waals surface area contributed by atoms with Crippen LogP contribution in [-0.4, -0.2) is 35.0 Å². The molecule has 2 unspecified atom stereocenters. The SMILES string of the molecule is CCC1CCCCN1CCC(O)c1ccc2c(c1)CC(=O)N2. The smallest absolute Gasteiger partial charge is 0.228 e. The zero-order valence-electron chi connectivity index (χ0n) is 13.3. The molecule has 0 aliphatic carbocycles. The molecule has 0 aromatic heterocycles. The number of hydrogen-bond acceptors (Lipinski definition) is 3. The van der Waals surface area contributed by atoms with E-state index in [1.807, 2.05) is 18.2 Å². The molecule has 1 amide bonds. The highest BCUT2D eigenvalue weighted by molar-refractivity contribution is 5.99. The minimum Gasteiger partial charge on any atom is -0.388 e. The highest BCUT2D eigenvalue weighted by Gasteiger charge is 2.23. The average Bonchev–Trinajstić information content (AvgIpc) is 2.91. The van der Waals surface area contributed by atoms with Crippen molar-refractivity contribution in [2.75, 3.05) is 18.4 Å². The van der Waals surface area contributed by atoms with Crippen LogP contribution in [0.5, 0.6) is 0 Å². The maximum Gasteiger partial charge on any atom is 0.228 e. The van der Waals surface area contributed by atoms with E-state index in [4.69, 9.17) is 0 Å². The summed E-state index contributed by atoms with van der Waals surface area (Å²) < 4.78 is 0. The molecule has 2 aliphatic rings. The first-order chi connectivity index (χ1) is 10.7. The van der Waals surface area contributed by atoms with Gasteiger partial charge in [0.15, 0.2) is 0 Å². The van der Waals surface area contributed by atoms with Crippen LogP contribution in [0.15, 0.2) is 18.2 Å². The van der Waals surface area contributed by atoms with Crippen molar-refractivity contribution in [1.82, 2.24) is 4.90 Å². The number of hydrogen-bond donors (Lipinski definition) is 2. The minimum atomic E-state index is -0.444. The third kappa shape index (κ3) is 3.33. The number of anilines is 1. The van der Waals surface area contributed by atoms with Gasteiger partial charge in [0.1, 0.15) is 0 Å². The molecular formula is C18H26N2O2. The number of rotatable bonds is 5. The normalized spacial score (nSPS) is 23.2. The third-order valence-electron chi connectivity index (χ3n) is 5.05. The van der Waals surface area contributed by atoms with Gasteiger partial charge in [0, 0.05) is 18.3 Å². The summed E-state index contributed by atoms with van der Waals surface area (Å²) in [5, 5.41) is 13.3. The summed E-state index contributed by atoms with van der Waals surface area (Å²) in [7, 11) is 0. The Kier molecular flexibility index (Phi) is 4.79. The lowest BCUT2D eigenvalue weighted by Crippen LogP contribution is -2.40. The molecule has 4 heteroatoms. The molecule has 0 saturated carbocycles. The molecule has 2 N–H and O–H groups in total. The van der Waals surface area contributed by atoms with E-state index in [-0.39, 0.29) is 5.91 Å². The average molecular weight is 302 g/mol. The number of carbonyl (C=O) groups excluding carboxylic acids is 1. The van der Waals surface area contributed by atoms with Crippen molar-refractivity contribution in [3.63, 3.8) is 0 Å². The van der Waals surface area contributed by atoms with Gasteiger partial charge >= 0.3 is 0 Å². The van der Waals surface area contributed by atoms with E-state index in [0.29, 0.717) is 12.5 Å². The van der Waals surface area contributed by atoms with Gasteiger partial charge in [-0.1, -0.05) is 25.5 Å². The molecule has 0 spiro atoms. The number of nitrogens with one attached hydrogen (secondary N) is 1. The molecule has 22 heavy (non-hydrogen) atoms. The second-order valence-electron chi connectivity index (χ2n) is 6.54. The standard InChI is InChI=1S/C18H26N2O2/c1-2-15-5-3-4-9-20(15)10-8-17(21)13-6-7-16-14(11-13)12-18(22)19-16/h6-7,11,15,17,21H,2-5,8-10,12H2,1H3,(H,19,22). The van der Waals surface area contributed by atoms with E-state index in [1.54, 1.807) is 0 Å². The predicted octanol–water partition coefficient (Wildman–Crippen LogP) is 2.87. The van der Waals surface area contributed by atoms with Crippen LogP contribution in [-0.2, 0) is 11.2 Å². The Balaban J connectivity index is 1.59. The fourth-order valence-corrected chi connectivity index (χ4v) is 3.73. The number of carbonyl (C=O) groups is 1. The summed E-state index contributed by atoms with van der Waals surface area (Å²) in [6.07, 6.45) is 5.85. The summed E-state index contributed by atoms with van der Waals surface area (Å²) in [4.78, 5) is 13.9. The lowest BCUT2D eigenvalue weighted by Gasteiger charge is -2.35. The number of fused-ring (bicyclic) bond motifs is 1. The first-order valence-corrected chi connectivity index (χ1v) is 8.52. The Bertz CT molecular complexity index is 544. The first kappa shape index (κ1) is 15.5. The van der Waals surface area contributed by atoms with Crippen LogP contribution >= 0.6 is 0 Å². The van der Waals surface area contributed by atoms with Crippen molar-refractivity contribution in [3.8, 4) is 0 Å². The minimum absolute atomic E-state index is 0.0424. The van der Waals surface area contributed by atoms with Gasteiger partial charge in [-0.2, -0.15) is 0 Å². The molecule has 4 nitrogen and oxygen atoms in total. The Labute approximate surface area is 132 Å². The number of piperidine rings is 1. The summed E-state index contributed by atoms with van der Waals surface area (Å²) >= 11 is 0. The number of amides is 1. The molecule has 1 saturated heterocycles. The van der Waals surface area contributed by atoms with Gasteiger partial charge in [-0.15, -0.1) is 0 Å². The van der Waals surface area contributed by atoms with Gasteiger partial charge in [0.05, 0.1) is 12.5 Å². The topological polar surface area (TPSA) is 52.6 Å². The van der Waals surface area contributed by atoms with E-state index in [0.717, 1.165) is 36.3 Å². The lowest BCUT2D eigenvalue weighted by atomic mass is 9.98. The fourth-order valence-electron chi connectivity index (χ4n) is 3.73. The summed E-state index contributed by atoms with van der Waals surface area (Å²) in [5.41, 5.74) is 2.83. The highest BCUT2D eigenvalue weighted by atomic mass is 16.3. The number of nitrogens with zero attached hydrogens (tertiary/aromatic N) is 1. The van der Waals surface area contributed by atoms with Crippen LogP contribution < -0.4 is 5.32 Å². The van der Waals surface area contributed by atoms with Crippen LogP contribution in [0.4, 0.5) is 5.69 Å². The predicted molar refractivity (Wildman–Crippen MR) is 87.9 cm³/mol. The van der Waals surface area contributed by atoms with Crippen molar-refractivity contribution in [2.45, 2.75) is 57.6 Å². The molecule has 120 valence electrons. The Morgan fingerprint density at radius 1 is 1.41 bits per heavy atom.